The van der Waals surface area contributed by atoms with E-state index in [-0.39, 0.29) is 37.2 Å². The third-order valence-corrected chi connectivity index (χ3v) is 4.59. The van der Waals surface area contributed by atoms with E-state index in [1.807, 2.05) is 0 Å². The second kappa shape index (κ2) is 7.09. The highest BCUT2D eigenvalue weighted by atomic mass is 16.7. The van der Waals surface area contributed by atoms with E-state index in [0.717, 1.165) is 12.8 Å². The van der Waals surface area contributed by atoms with Gasteiger partial charge in [-0.2, -0.15) is 0 Å². The van der Waals surface area contributed by atoms with Gasteiger partial charge in [0.1, 0.15) is 0 Å². The smallest absolute Gasteiger partial charge is 0.254 e. The van der Waals surface area contributed by atoms with Crippen molar-refractivity contribution in [2.45, 2.75) is 37.8 Å². The first kappa shape index (κ1) is 16.6. The lowest BCUT2D eigenvalue weighted by Gasteiger charge is -2.40. The molecule has 0 aliphatic carbocycles. The topological polar surface area (TPSA) is 91.1 Å². The molecule has 0 spiro atoms. The van der Waals surface area contributed by atoms with Gasteiger partial charge in [-0.3, -0.25) is 9.59 Å². The maximum atomic E-state index is 13.0. The number of nitrogens with zero attached hydrogens (tertiary/aromatic N) is 1. The summed E-state index contributed by atoms with van der Waals surface area (Å²) in [5.74, 6) is 0.760. The van der Waals surface area contributed by atoms with Crippen LogP contribution in [0.2, 0.25) is 0 Å². The number of ether oxygens (including phenoxy) is 3. The van der Waals surface area contributed by atoms with Crippen molar-refractivity contribution in [3.8, 4) is 11.5 Å². The number of likely N-dealkylation sites (tertiary alicyclic amines) is 1. The number of rotatable bonds is 5. The summed E-state index contributed by atoms with van der Waals surface area (Å²) >= 11 is 0. The Kier molecular flexibility index (Phi) is 4.89. The quantitative estimate of drug-likeness (QED) is 0.876. The van der Waals surface area contributed by atoms with Crippen molar-refractivity contribution in [3.05, 3.63) is 23.8 Å². The first-order chi connectivity index (χ1) is 11.6. The van der Waals surface area contributed by atoms with Crippen LogP contribution < -0.4 is 15.2 Å². The van der Waals surface area contributed by atoms with E-state index in [1.54, 1.807) is 30.2 Å². The molecule has 7 nitrogen and oxygen atoms in total. The average molecular weight is 334 g/mol. The van der Waals surface area contributed by atoms with Crippen molar-refractivity contribution >= 4 is 11.8 Å². The number of primary amides is 1. The van der Waals surface area contributed by atoms with E-state index in [4.69, 9.17) is 19.9 Å². The molecule has 0 saturated carbocycles. The number of amides is 2. The van der Waals surface area contributed by atoms with E-state index in [0.29, 0.717) is 30.0 Å². The first-order valence-corrected chi connectivity index (χ1v) is 8.12. The predicted octanol–water partition coefficient (Wildman–Crippen LogP) is 1.30. The second-order valence-electron chi connectivity index (χ2n) is 6.06. The second-order valence-corrected chi connectivity index (χ2v) is 6.06. The molecule has 2 amide bonds. The summed E-state index contributed by atoms with van der Waals surface area (Å²) in [6, 6.07) is 5.02. The van der Waals surface area contributed by atoms with E-state index < -0.39 is 0 Å². The number of hydrogen-bond donors (Lipinski definition) is 1. The van der Waals surface area contributed by atoms with Crippen molar-refractivity contribution < 1.29 is 23.8 Å². The average Bonchev–Trinajstić information content (AvgIpc) is 3.06. The lowest BCUT2D eigenvalue weighted by atomic mass is 9.93. The van der Waals surface area contributed by atoms with Gasteiger partial charge in [0, 0.05) is 25.6 Å². The maximum absolute atomic E-state index is 13.0. The van der Waals surface area contributed by atoms with Crippen LogP contribution in [0.4, 0.5) is 0 Å². The Hall–Kier alpha value is -2.28. The van der Waals surface area contributed by atoms with Crippen LogP contribution in [-0.2, 0) is 9.53 Å². The molecule has 7 heteroatoms. The highest BCUT2D eigenvalue weighted by molar-refractivity contribution is 5.95. The maximum Gasteiger partial charge on any atom is 0.254 e. The molecule has 0 unspecified atom stereocenters. The molecule has 0 aromatic heterocycles. The number of methoxy groups -OCH3 is 1. The van der Waals surface area contributed by atoms with Gasteiger partial charge in [-0.05, 0) is 37.5 Å². The van der Waals surface area contributed by atoms with Gasteiger partial charge in [0.2, 0.25) is 12.7 Å². The van der Waals surface area contributed by atoms with Crippen LogP contribution in [0.15, 0.2) is 18.2 Å². The van der Waals surface area contributed by atoms with Gasteiger partial charge >= 0.3 is 0 Å². The Labute approximate surface area is 140 Å². The molecular weight excluding hydrogens is 312 g/mol. The summed E-state index contributed by atoms with van der Waals surface area (Å²) in [6.07, 6.45) is 2.38. The standard InChI is InChI=1S/C17H22N2O5/c1-22-13-3-2-8-19(12(13)5-7-16(18)20)17(21)11-4-6-14-15(9-11)24-10-23-14/h4,6,9,12-13H,2-3,5,7-8,10H2,1H3,(H2,18,20)/t12-,13-/m0/s1. The summed E-state index contributed by atoms with van der Waals surface area (Å²) in [7, 11) is 1.64. The molecule has 3 rings (SSSR count). The zero-order valence-corrected chi connectivity index (χ0v) is 13.7. The Balaban J connectivity index is 1.81. The molecule has 0 bridgehead atoms. The molecule has 2 heterocycles. The van der Waals surface area contributed by atoms with Crippen LogP contribution >= 0.6 is 0 Å². The number of nitrogens with two attached hydrogens (primary N) is 1. The van der Waals surface area contributed by atoms with E-state index >= 15 is 0 Å². The molecule has 1 aromatic carbocycles. The summed E-state index contributed by atoms with van der Waals surface area (Å²) in [4.78, 5) is 25.9. The third kappa shape index (κ3) is 3.31. The Morgan fingerprint density at radius 3 is 2.88 bits per heavy atom. The normalized spacial score (nSPS) is 22.5. The number of carbonyl (C=O) groups excluding carboxylic acids is 2. The van der Waals surface area contributed by atoms with Crippen LogP contribution in [0.1, 0.15) is 36.0 Å². The summed E-state index contributed by atoms with van der Waals surface area (Å²) in [6.45, 7) is 0.806. The number of benzene rings is 1. The molecule has 24 heavy (non-hydrogen) atoms. The summed E-state index contributed by atoms with van der Waals surface area (Å²) < 4.78 is 16.2. The number of fused-ring (bicyclic) bond motifs is 1. The van der Waals surface area contributed by atoms with Crippen LogP contribution in [0.25, 0.3) is 0 Å². The fourth-order valence-electron chi connectivity index (χ4n) is 3.38. The fraction of sp³-hybridized carbons (Fsp3) is 0.529. The van der Waals surface area contributed by atoms with Gasteiger partial charge in [-0.25, -0.2) is 0 Å². The highest BCUT2D eigenvalue weighted by Gasteiger charge is 2.35. The fourth-order valence-corrected chi connectivity index (χ4v) is 3.38. The van der Waals surface area contributed by atoms with Crippen molar-refractivity contribution in [2.75, 3.05) is 20.4 Å². The van der Waals surface area contributed by atoms with Gasteiger partial charge < -0.3 is 24.8 Å². The monoisotopic (exact) mass is 334 g/mol. The van der Waals surface area contributed by atoms with Gasteiger partial charge in [0.25, 0.3) is 5.91 Å². The molecule has 2 aliphatic rings. The van der Waals surface area contributed by atoms with Crippen LogP contribution in [0.3, 0.4) is 0 Å². The lowest BCUT2D eigenvalue weighted by molar-refractivity contribution is -0.118. The summed E-state index contributed by atoms with van der Waals surface area (Å²) in [5, 5.41) is 0. The molecule has 0 radical (unpaired) electrons. The highest BCUT2D eigenvalue weighted by Crippen LogP contribution is 2.34. The van der Waals surface area contributed by atoms with Crippen molar-refractivity contribution in [1.82, 2.24) is 4.90 Å². The van der Waals surface area contributed by atoms with Crippen LogP contribution in [0.5, 0.6) is 11.5 Å². The van der Waals surface area contributed by atoms with Gasteiger partial charge in [0.15, 0.2) is 11.5 Å². The first-order valence-electron chi connectivity index (χ1n) is 8.12. The number of carbonyl (C=O) groups is 2. The van der Waals surface area contributed by atoms with Gasteiger partial charge in [0.05, 0.1) is 12.1 Å². The van der Waals surface area contributed by atoms with Gasteiger partial charge in [-0.1, -0.05) is 0 Å². The largest absolute Gasteiger partial charge is 0.454 e. The van der Waals surface area contributed by atoms with Crippen LogP contribution in [0, 0.1) is 0 Å². The Bertz CT molecular complexity index is 633. The molecule has 1 fully saturated rings. The third-order valence-electron chi connectivity index (χ3n) is 4.59. The van der Waals surface area contributed by atoms with E-state index in [9.17, 15) is 9.59 Å². The van der Waals surface area contributed by atoms with Crippen molar-refractivity contribution in [2.24, 2.45) is 5.73 Å². The Morgan fingerprint density at radius 1 is 1.33 bits per heavy atom. The number of hydrogen-bond acceptors (Lipinski definition) is 5. The Morgan fingerprint density at radius 2 is 2.12 bits per heavy atom. The minimum absolute atomic E-state index is 0.0870. The lowest BCUT2D eigenvalue weighted by Crippen LogP contribution is -2.51. The molecule has 2 atom stereocenters. The SMILES string of the molecule is CO[C@H]1CCCN(C(=O)c2ccc3c(c2)OCO3)[C@H]1CCC(N)=O. The molecule has 2 aliphatic heterocycles. The molecule has 1 saturated heterocycles. The molecule has 2 N–H and O–H groups in total. The van der Waals surface area contributed by atoms with Crippen LogP contribution in [-0.4, -0.2) is 49.3 Å². The van der Waals surface area contributed by atoms with E-state index in [1.165, 1.54) is 0 Å². The predicted molar refractivity (Wildman–Crippen MR) is 85.8 cm³/mol. The minimum Gasteiger partial charge on any atom is -0.454 e. The van der Waals surface area contributed by atoms with E-state index in [2.05, 4.69) is 0 Å². The van der Waals surface area contributed by atoms with Crippen molar-refractivity contribution in [1.29, 1.82) is 0 Å². The zero-order valence-electron chi connectivity index (χ0n) is 13.7. The molecule has 130 valence electrons. The molecule has 1 aromatic rings. The summed E-state index contributed by atoms with van der Waals surface area (Å²) in [5.41, 5.74) is 5.82. The van der Waals surface area contributed by atoms with Crippen molar-refractivity contribution in [3.63, 3.8) is 0 Å². The number of piperidine rings is 1. The van der Waals surface area contributed by atoms with Gasteiger partial charge in [-0.15, -0.1) is 0 Å². The molecular formula is C17H22N2O5. The zero-order chi connectivity index (χ0) is 17.1. The minimum atomic E-state index is -0.370.